The number of urea groups is 1. The van der Waals surface area contributed by atoms with Crippen LogP contribution in [-0.4, -0.2) is 48.1 Å². The molecule has 32 heavy (non-hydrogen) atoms. The Morgan fingerprint density at radius 1 is 1.12 bits per heavy atom. The van der Waals surface area contributed by atoms with E-state index in [-0.39, 0.29) is 17.1 Å². The topological polar surface area (TPSA) is 35.6 Å². The van der Waals surface area contributed by atoms with Crippen molar-refractivity contribution in [2.24, 2.45) is 0 Å². The first-order valence-electron chi connectivity index (χ1n) is 11.8. The minimum Gasteiger partial charge on any atom is -0.320 e. The number of benzene rings is 2. The fourth-order valence-electron chi connectivity index (χ4n) is 5.12. The molecule has 1 N–H and O–H groups in total. The van der Waals surface area contributed by atoms with E-state index < -0.39 is 5.82 Å². The quantitative estimate of drug-likeness (QED) is 0.541. The van der Waals surface area contributed by atoms with Gasteiger partial charge in [-0.2, -0.15) is 0 Å². The van der Waals surface area contributed by atoms with Gasteiger partial charge in [-0.15, -0.1) is 0 Å². The Kier molecular flexibility index (Phi) is 7.69. The SMILES string of the molecule is Cc1cccc(C2CCC(N(CCN3CCCC3)C(=O)Nc3ccc(F)c(Cl)c3)CC2)c1. The highest BCUT2D eigenvalue weighted by Crippen LogP contribution is 2.35. The maximum Gasteiger partial charge on any atom is 0.322 e. The second-order valence-corrected chi connectivity index (χ2v) is 9.63. The zero-order chi connectivity index (χ0) is 22.5. The molecule has 0 bridgehead atoms. The Labute approximate surface area is 195 Å². The van der Waals surface area contributed by atoms with Crippen LogP contribution < -0.4 is 5.32 Å². The normalized spacial score (nSPS) is 21.5. The van der Waals surface area contributed by atoms with E-state index in [1.165, 1.54) is 36.1 Å². The molecular formula is C26H33ClFN3O. The maximum atomic E-state index is 13.5. The second kappa shape index (κ2) is 10.7. The van der Waals surface area contributed by atoms with Crippen molar-refractivity contribution in [3.05, 3.63) is 64.4 Å². The van der Waals surface area contributed by atoms with Gasteiger partial charge in [-0.1, -0.05) is 41.4 Å². The number of carbonyl (C=O) groups is 1. The molecule has 1 heterocycles. The molecule has 0 unspecified atom stereocenters. The van der Waals surface area contributed by atoms with Crippen LogP contribution in [0, 0.1) is 12.7 Å². The molecule has 6 heteroatoms. The molecule has 1 aliphatic carbocycles. The van der Waals surface area contributed by atoms with Gasteiger partial charge in [0, 0.05) is 24.8 Å². The van der Waals surface area contributed by atoms with Crippen molar-refractivity contribution in [2.45, 2.75) is 57.4 Å². The van der Waals surface area contributed by atoms with Crippen LogP contribution >= 0.6 is 11.6 Å². The second-order valence-electron chi connectivity index (χ2n) is 9.22. The average Bonchev–Trinajstić information content (AvgIpc) is 3.30. The van der Waals surface area contributed by atoms with Crippen molar-refractivity contribution < 1.29 is 9.18 Å². The molecule has 4 nitrogen and oxygen atoms in total. The largest absolute Gasteiger partial charge is 0.322 e. The lowest BCUT2D eigenvalue weighted by molar-refractivity contribution is 0.151. The monoisotopic (exact) mass is 457 g/mol. The zero-order valence-corrected chi connectivity index (χ0v) is 19.6. The highest BCUT2D eigenvalue weighted by Gasteiger charge is 2.30. The van der Waals surface area contributed by atoms with Gasteiger partial charge in [0.15, 0.2) is 0 Å². The zero-order valence-electron chi connectivity index (χ0n) is 18.8. The van der Waals surface area contributed by atoms with Crippen molar-refractivity contribution in [3.63, 3.8) is 0 Å². The number of likely N-dealkylation sites (tertiary alicyclic amines) is 1. The van der Waals surface area contributed by atoms with E-state index >= 15 is 0 Å². The van der Waals surface area contributed by atoms with Gasteiger partial charge in [0.05, 0.1) is 5.02 Å². The van der Waals surface area contributed by atoms with E-state index in [0.717, 1.165) is 45.3 Å². The molecule has 0 aromatic heterocycles. The molecule has 1 aliphatic heterocycles. The van der Waals surface area contributed by atoms with Gasteiger partial charge < -0.3 is 15.1 Å². The van der Waals surface area contributed by atoms with Crippen LogP contribution in [-0.2, 0) is 0 Å². The summed E-state index contributed by atoms with van der Waals surface area (Å²) in [6.07, 6.45) is 6.64. The summed E-state index contributed by atoms with van der Waals surface area (Å²) in [4.78, 5) is 17.7. The number of nitrogens with zero attached hydrogens (tertiary/aromatic N) is 2. The third-order valence-electron chi connectivity index (χ3n) is 6.94. The maximum absolute atomic E-state index is 13.5. The van der Waals surface area contributed by atoms with E-state index in [0.29, 0.717) is 18.2 Å². The van der Waals surface area contributed by atoms with Crippen molar-refractivity contribution in [1.82, 2.24) is 9.80 Å². The molecule has 1 saturated heterocycles. The third-order valence-corrected chi connectivity index (χ3v) is 7.23. The number of hydrogen-bond donors (Lipinski definition) is 1. The van der Waals surface area contributed by atoms with Crippen LogP contribution in [0.4, 0.5) is 14.9 Å². The predicted octanol–water partition coefficient (Wildman–Crippen LogP) is 6.44. The van der Waals surface area contributed by atoms with Gasteiger partial charge in [0.1, 0.15) is 5.82 Å². The fraction of sp³-hybridized carbons (Fsp3) is 0.500. The fourth-order valence-corrected chi connectivity index (χ4v) is 5.30. The number of aryl methyl sites for hydroxylation is 1. The van der Waals surface area contributed by atoms with Crippen molar-refractivity contribution in [2.75, 3.05) is 31.5 Å². The van der Waals surface area contributed by atoms with Crippen LogP contribution in [0.1, 0.15) is 55.6 Å². The smallest absolute Gasteiger partial charge is 0.320 e. The lowest BCUT2D eigenvalue weighted by Gasteiger charge is -2.38. The summed E-state index contributed by atoms with van der Waals surface area (Å²) in [5.41, 5.74) is 3.24. The van der Waals surface area contributed by atoms with Crippen molar-refractivity contribution >= 4 is 23.3 Å². The molecule has 2 aromatic carbocycles. The number of anilines is 1. The lowest BCUT2D eigenvalue weighted by atomic mass is 9.81. The summed E-state index contributed by atoms with van der Waals surface area (Å²) in [6, 6.07) is 13.2. The summed E-state index contributed by atoms with van der Waals surface area (Å²) in [5, 5.41) is 2.97. The Balaban J connectivity index is 1.42. The summed E-state index contributed by atoms with van der Waals surface area (Å²) in [5.74, 6) is 0.0792. The number of amides is 2. The first-order valence-corrected chi connectivity index (χ1v) is 12.2. The molecular weight excluding hydrogens is 425 g/mol. The summed E-state index contributed by atoms with van der Waals surface area (Å²) in [7, 11) is 0. The van der Waals surface area contributed by atoms with Crippen LogP contribution in [0.2, 0.25) is 5.02 Å². The molecule has 2 aliphatic rings. The minimum atomic E-state index is -0.481. The Bertz CT molecular complexity index is 923. The average molecular weight is 458 g/mol. The van der Waals surface area contributed by atoms with Crippen molar-refractivity contribution in [1.29, 1.82) is 0 Å². The van der Waals surface area contributed by atoms with Gasteiger partial charge in [0.2, 0.25) is 0 Å². The molecule has 0 spiro atoms. The van der Waals surface area contributed by atoms with E-state index in [2.05, 4.69) is 41.4 Å². The number of halogens is 2. The Hall–Kier alpha value is -2.11. The first-order chi connectivity index (χ1) is 15.5. The summed E-state index contributed by atoms with van der Waals surface area (Å²) < 4.78 is 13.5. The number of hydrogen-bond acceptors (Lipinski definition) is 2. The predicted molar refractivity (Wildman–Crippen MR) is 129 cm³/mol. The highest BCUT2D eigenvalue weighted by atomic mass is 35.5. The van der Waals surface area contributed by atoms with Crippen LogP contribution in [0.5, 0.6) is 0 Å². The molecule has 0 atom stereocenters. The third kappa shape index (κ3) is 5.81. The molecule has 172 valence electrons. The molecule has 1 saturated carbocycles. The summed E-state index contributed by atoms with van der Waals surface area (Å²) >= 11 is 5.91. The number of carbonyl (C=O) groups excluding carboxylic acids is 1. The highest BCUT2D eigenvalue weighted by molar-refractivity contribution is 6.31. The molecule has 2 fully saturated rings. The first kappa shape index (κ1) is 23.1. The van der Waals surface area contributed by atoms with Gasteiger partial charge in [-0.3, -0.25) is 0 Å². The minimum absolute atomic E-state index is 0.0186. The van der Waals surface area contributed by atoms with E-state index in [9.17, 15) is 9.18 Å². The standard InChI is InChI=1S/C26H33ClFN3O/c1-19-5-4-6-21(17-19)20-7-10-23(11-8-20)31(16-15-30-13-2-3-14-30)26(32)29-22-9-12-25(28)24(27)18-22/h4-6,9,12,17-18,20,23H,2-3,7-8,10-11,13-16H2,1H3,(H,29,32). The van der Waals surface area contributed by atoms with E-state index in [1.807, 2.05) is 4.90 Å². The number of rotatable bonds is 6. The Morgan fingerprint density at radius 3 is 2.56 bits per heavy atom. The molecule has 2 amide bonds. The van der Waals surface area contributed by atoms with Crippen molar-refractivity contribution in [3.8, 4) is 0 Å². The lowest BCUT2D eigenvalue weighted by Crippen LogP contribution is -2.47. The molecule has 2 aromatic rings. The van der Waals surface area contributed by atoms with Gasteiger partial charge in [0.25, 0.3) is 0 Å². The van der Waals surface area contributed by atoms with E-state index in [1.54, 1.807) is 6.07 Å². The van der Waals surface area contributed by atoms with Gasteiger partial charge in [-0.05, 0) is 88.2 Å². The molecule has 0 radical (unpaired) electrons. The van der Waals surface area contributed by atoms with Crippen LogP contribution in [0.25, 0.3) is 0 Å². The summed E-state index contributed by atoms with van der Waals surface area (Å²) in [6.45, 7) is 5.98. The van der Waals surface area contributed by atoms with Gasteiger partial charge >= 0.3 is 6.03 Å². The van der Waals surface area contributed by atoms with Crippen LogP contribution in [0.3, 0.4) is 0 Å². The van der Waals surface area contributed by atoms with E-state index in [4.69, 9.17) is 11.6 Å². The van der Waals surface area contributed by atoms with Gasteiger partial charge in [-0.25, -0.2) is 9.18 Å². The molecule has 4 rings (SSSR count). The Morgan fingerprint density at radius 2 is 1.88 bits per heavy atom. The van der Waals surface area contributed by atoms with Crippen LogP contribution in [0.15, 0.2) is 42.5 Å². The number of nitrogens with one attached hydrogen (secondary N) is 1.